The van der Waals surface area contributed by atoms with E-state index in [1.807, 2.05) is 18.2 Å². The minimum atomic E-state index is -1.15. The highest BCUT2D eigenvalue weighted by Crippen LogP contribution is 2.26. The second-order valence-corrected chi connectivity index (χ2v) is 7.18. The molecule has 0 radical (unpaired) electrons. The molecule has 148 valence electrons. The van der Waals surface area contributed by atoms with Crippen molar-refractivity contribution in [2.75, 3.05) is 6.61 Å². The van der Waals surface area contributed by atoms with Crippen molar-refractivity contribution in [1.82, 2.24) is 10.2 Å². The summed E-state index contributed by atoms with van der Waals surface area (Å²) in [4.78, 5) is 51.4. The summed E-state index contributed by atoms with van der Waals surface area (Å²) in [6.07, 6.45) is 1.95. The fourth-order valence-electron chi connectivity index (χ4n) is 3.34. The molecule has 1 saturated carbocycles. The first-order valence-corrected chi connectivity index (χ1v) is 9.51. The van der Waals surface area contributed by atoms with E-state index in [2.05, 4.69) is 5.32 Å². The van der Waals surface area contributed by atoms with Crippen LogP contribution in [-0.4, -0.2) is 47.3 Å². The standard InChI is InChI=1S/C22H20N2O5/c25-19(23-15-10-11-15)13-29-22(28)18(12-14-6-2-1-3-7-14)24-20(26)16-8-4-5-9-17(16)21(24)27/h1-9,15,18H,10-13H2,(H,23,25)/t18-/m0/s1. The van der Waals surface area contributed by atoms with Crippen molar-refractivity contribution in [3.63, 3.8) is 0 Å². The third-order valence-electron chi connectivity index (χ3n) is 4.97. The number of nitrogens with zero attached hydrogens (tertiary/aromatic N) is 1. The van der Waals surface area contributed by atoms with Crippen LogP contribution in [0.15, 0.2) is 54.6 Å². The number of nitrogens with one attached hydrogen (secondary N) is 1. The number of amides is 3. The SMILES string of the molecule is O=C(COC(=O)[C@H](Cc1ccccc1)N1C(=O)c2ccccc2C1=O)NC1CC1. The number of carbonyl (C=O) groups excluding carboxylic acids is 4. The van der Waals surface area contributed by atoms with E-state index in [-0.39, 0.29) is 29.5 Å². The molecule has 4 rings (SSSR count). The Morgan fingerprint density at radius 3 is 2.14 bits per heavy atom. The lowest BCUT2D eigenvalue weighted by Crippen LogP contribution is -2.47. The molecule has 7 heteroatoms. The molecule has 7 nitrogen and oxygen atoms in total. The Morgan fingerprint density at radius 2 is 1.55 bits per heavy atom. The molecule has 2 aromatic rings. The van der Waals surface area contributed by atoms with E-state index < -0.39 is 30.4 Å². The van der Waals surface area contributed by atoms with Crippen molar-refractivity contribution in [1.29, 1.82) is 0 Å². The van der Waals surface area contributed by atoms with Gasteiger partial charge in [0.1, 0.15) is 6.04 Å². The Kier molecular flexibility index (Phi) is 5.12. The zero-order chi connectivity index (χ0) is 20.4. The van der Waals surface area contributed by atoms with Crippen LogP contribution < -0.4 is 5.32 Å². The first-order valence-electron chi connectivity index (χ1n) is 9.51. The Balaban J connectivity index is 1.55. The number of esters is 1. The summed E-state index contributed by atoms with van der Waals surface area (Å²) in [5, 5.41) is 2.74. The normalized spacial score (nSPS) is 16.3. The molecule has 1 heterocycles. The zero-order valence-corrected chi connectivity index (χ0v) is 15.7. The first-order chi connectivity index (χ1) is 14.0. The number of carbonyl (C=O) groups is 4. The molecule has 1 aliphatic heterocycles. The third-order valence-corrected chi connectivity index (χ3v) is 4.97. The molecule has 2 aromatic carbocycles. The summed E-state index contributed by atoms with van der Waals surface area (Å²) < 4.78 is 5.18. The molecule has 0 aromatic heterocycles. The van der Waals surface area contributed by atoms with Crippen molar-refractivity contribution < 1.29 is 23.9 Å². The van der Waals surface area contributed by atoms with Crippen LogP contribution in [0.5, 0.6) is 0 Å². The van der Waals surface area contributed by atoms with E-state index in [4.69, 9.17) is 4.74 Å². The lowest BCUT2D eigenvalue weighted by Gasteiger charge is -2.24. The summed E-state index contributed by atoms with van der Waals surface area (Å²) in [6, 6.07) is 14.5. The molecule has 0 saturated heterocycles. The highest BCUT2D eigenvalue weighted by Gasteiger charge is 2.43. The van der Waals surface area contributed by atoms with Crippen LogP contribution >= 0.6 is 0 Å². The Labute approximate surface area is 167 Å². The lowest BCUT2D eigenvalue weighted by molar-refractivity contribution is -0.152. The predicted octanol–water partition coefficient (Wildman–Crippen LogP) is 1.72. The van der Waals surface area contributed by atoms with Crippen LogP contribution in [0.3, 0.4) is 0 Å². The van der Waals surface area contributed by atoms with Gasteiger partial charge >= 0.3 is 5.97 Å². The largest absolute Gasteiger partial charge is 0.454 e. The number of rotatable bonds is 7. The average molecular weight is 392 g/mol. The van der Waals surface area contributed by atoms with Crippen LogP contribution in [0.1, 0.15) is 39.1 Å². The van der Waals surface area contributed by atoms with Crippen molar-refractivity contribution in [2.45, 2.75) is 31.3 Å². The fraction of sp³-hybridized carbons (Fsp3) is 0.273. The van der Waals surface area contributed by atoms with Gasteiger partial charge in [0.15, 0.2) is 6.61 Å². The molecule has 2 aliphatic rings. The van der Waals surface area contributed by atoms with E-state index in [0.717, 1.165) is 23.3 Å². The maximum absolute atomic E-state index is 12.9. The maximum Gasteiger partial charge on any atom is 0.330 e. The summed E-state index contributed by atoms with van der Waals surface area (Å²) >= 11 is 0. The molecular formula is C22H20N2O5. The van der Waals surface area contributed by atoms with Crippen LogP contribution in [0.2, 0.25) is 0 Å². The minimum Gasteiger partial charge on any atom is -0.454 e. The van der Waals surface area contributed by atoms with Gasteiger partial charge < -0.3 is 10.1 Å². The van der Waals surface area contributed by atoms with E-state index in [0.29, 0.717) is 0 Å². The first kappa shape index (κ1) is 18.9. The monoisotopic (exact) mass is 392 g/mol. The van der Waals surface area contributed by atoms with Gasteiger partial charge in [-0.05, 0) is 30.5 Å². The molecular weight excluding hydrogens is 372 g/mol. The van der Waals surface area contributed by atoms with Crippen molar-refractivity contribution in [2.24, 2.45) is 0 Å². The number of imide groups is 1. The van der Waals surface area contributed by atoms with Gasteiger partial charge in [-0.25, -0.2) is 4.79 Å². The molecule has 0 bridgehead atoms. The maximum atomic E-state index is 12.9. The van der Waals surface area contributed by atoms with Gasteiger partial charge in [-0.1, -0.05) is 42.5 Å². The van der Waals surface area contributed by atoms with E-state index in [1.54, 1.807) is 36.4 Å². The fourth-order valence-corrected chi connectivity index (χ4v) is 3.34. The molecule has 0 spiro atoms. The van der Waals surface area contributed by atoms with Gasteiger partial charge in [0.05, 0.1) is 11.1 Å². The van der Waals surface area contributed by atoms with Gasteiger partial charge in [-0.3, -0.25) is 19.3 Å². The molecule has 29 heavy (non-hydrogen) atoms. The van der Waals surface area contributed by atoms with Gasteiger partial charge in [-0.15, -0.1) is 0 Å². The average Bonchev–Trinajstić information content (AvgIpc) is 3.51. The van der Waals surface area contributed by atoms with Crippen LogP contribution in [0.25, 0.3) is 0 Å². The zero-order valence-electron chi connectivity index (χ0n) is 15.7. The molecule has 0 unspecified atom stereocenters. The van der Waals surface area contributed by atoms with Crippen LogP contribution in [0.4, 0.5) is 0 Å². The quantitative estimate of drug-likeness (QED) is 0.572. The van der Waals surface area contributed by atoms with Gasteiger partial charge in [0, 0.05) is 12.5 Å². The van der Waals surface area contributed by atoms with Crippen LogP contribution in [0, 0.1) is 0 Å². The third kappa shape index (κ3) is 4.03. The Morgan fingerprint density at radius 1 is 0.966 bits per heavy atom. The number of hydrogen-bond donors (Lipinski definition) is 1. The molecule has 1 atom stereocenters. The second-order valence-electron chi connectivity index (χ2n) is 7.18. The molecule has 1 fully saturated rings. The minimum absolute atomic E-state index is 0.107. The van der Waals surface area contributed by atoms with Crippen molar-refractivity contribution in [3.8, 4) is 0 Å². The molecule has 3 amide bonds. The predicted molar refractivity (Wildman–Crippen MR) is 103 cm³/mol. The van der Waals surface area contributed by atoms with Crippen LogP contribution in [-0.2, 0) is 20.7 Å². The highest BCUT2D eigenvalue weighted by molar-refractivity contribution is 6.22. The van der Waals surface area contributed by atoms with Gasteiger partial charge in [0.2, 0.25) is 0 Å². The summed E-state index contributed by atoms with van der Waals surface area (Å²) in [5.74, 6) is -2.24. The topological polar surface area (TPSA) is 92.8 Å². The van der Waals surface area contributed by atoms with E-state index in [1.165, 1.54) is 0 Å². The molecule has 1 N–H and O–H groups in total. The Hall–Kier alpha value is -3.48. The Bertz CT molecular complexity index is 933. The molecule has 1 aliphatic carbocycles. The van der Waals surface area contributed by atoms with E-state index in [9.17, 15) is 19.2 Å². The number of ether oxygens (including phenoxy) is 1. The summed E-state index contributed by atoms with van der Waals surface area (Å²) in [6.45, 7) is -0.441. The smallest absolute Gasteiger partial charge is 0.330 e. The number of fused-ring (bicyclic) bond motifs is 1. The van der Waals surface area contributed by atoms with Crippen molar-refractivity contribution in [3.05, 3.63) is 71.3 Å². The summed E-state index contributed by atoms with van der Waals surface area (Å²) in [7, 11) is 0. The summed E-state index contributed by atoms with van der Waals surface area (Å²) in [5.41, 5.74) is 1.29. The van der Waals surface area contributed by atoms with Gasteiger partial charge in [0.25, 0.3) is 17.7 Å². The highest BCUT2D eigenvalue weighted by atomic mass is 16.5. The van der Waals surface area contributed by atoms with Gasteiger partial charge in [-0.2, -0.15) is 0 Å². The van der Waals surface area contributed by atoms with E-state index >= 15 is 0 Å². The number of benzene rings is 2. The second kappa shape index (κ2) is 7.87. The lowest BCUT2D eigenvalue weighted by atomic mass is 10.0. The van der Waals surface area contributed by atoms with Crippen molar-refractivity contribution >= 4 is 23.7 Å². The number of hydrogen-bond acceptors (Lipinski definition) is 5.